The molecule has 0 saturated carbocycles. The molecule has 0 atom stereocenters. The molecule has 0 spiro atoms. The molecule has 2 rings (SSSR count). The first-order chi connectivity index (χ1) is 10.5. The number of aryl methyl sites for hydroxylation is 1. The van der Waals surface area contributed by atoms with Crippen LogP contribution in [-0.4, -0.2) is 19.2 Å². The molecule has 2 N–H and O–H groups in total. The largest absolute Gasteiger partial charge is 0.492 e. The normalized spacial score (nSPS) is 10.1. The highest BCUT2D eigenvalue weighted by Gasteiger charge is 2.04. The van der Waals surface area contributed by atoms with Gasteiger partial charge in [-0.3, -0.25) is 0 Å². The summed E-state index contributed by atoms with van der Waals surface area (Å²) in [4.78, 5) is 11.8. The second-order valence-corrected chi connectivity index (χ2v) is 5.52. The fraction of sp³-hybridized carbons (Fsp3) is 0.188. The van der Waals surface area contributed by atoms with Gasteiger partial charge in [-0.2, -0.15) is 0 Å². The summed E-state index contributed by atoms with van der Waals surface area (Å²) in [6.07, 6.45) is 0. The highest BCUT2D eigenvalue weighted by molar-refractivity contribution is 6.31. The lowest BCUT2D eigenvalue weighted by Crippen LogP contribution is -2.32. The van der Waals surface area contributed by atoms with Gasteiger partial charge in [0.05, 0.1) is 6.54 Å². The molecule has 22 heavy (non-hydrogen) atoms. The van der Waals surface area contributed by atoms with E-state index in [0.29, 0.717) is 28.9 Å². The lowest BCUT2D eigenvalue weighted by atomic mass is 10.2. The maximum Gasteiger partial charge on any atom is 0.319 e. The second-order valence-electron chi connectivity index (χ2n) is 4.65. The summed E-state index contributed by atoms with van der Waals surface area (Å²) in [5, 5.41) is 6.73. The number of urea groups is 1. The zero-order valence-electron chi connectivity index (χ0n) is 12.0. The van der Waals surface area contributed by atoms with Crippen molar-refractivity contribution in [3.63, 3.8) is 0 Å². The number of carbonyl (C=O) groups excluding carboxylic acids is 1. The average Bonchev–Trinajstić information content (AvgIpc) is 2.47. The molecule has 0 unspecified atom stereocenters. The van der Waals surface area contributed by atoms with Crippen molar-refractivity contribution in [2.24, 2.45) is 0 Å². The number of carbonyl (C=O) groups is 1. The molecule has 0 bridgehead atoms. The second kappa shape index (κ2) is 7.92. The van der Waals surface area contributed by atoms with Gasteiger partial charge in [-0.25, -0.2) is 4.79 Å². The summed E-state index contributed by atoms with van der Waals surface area (Å²) in [6.45, 7) is 2.61. The van der Waals surface area contributed by atoms with Gasteiger partial charge in [-0.15, -0.1) is 0 Å². The van der Waals surface area contributed by atoms with Gasteiger partial charge in [-0.05, 0) is 48.9 Å². The van der Waals surface area contributed by atoms with Crippen LogP contribution in [0.2, 0.25) is 10.0 Å². The Kier molecular flexibility index (Phi) is 5.92. The summed E-state index contributed by atoms with van der Waals surface area (Å²) in [5.41, 5.74) is 1.62. The third-order valence-corrected chi connectivity index (χ3v) is 3.36. The van der Waals surface area contributed by atoms with E-state index in [1.54, 1.807) is 36.4 Å². The quantitative estimate of drug-likeness (QED) is 0.788. The van der Waals surface area contributed by atoms with Crippen molar-refractivity contribution >= 4 is 34.9 Å². The monoisotopic (exact) mass is 338 g/mol. The van der Waals surface area contributed by atoms with E-state index in [0.717, 1.165) is 11.3 Å². The van der Waals surface area contributed by atoms with Crippen LogP contribution in [0.25, 0.3) is 0 Å². The van der Waals surface area contributed by atoms with Crippen LogP contribution in [0.15, 0.2) is 42.5 Å². The third-order valence-electron chi connectivity index (χ3n) is 2.89. The van der Waals surface area contributed by atoms with Crippen LogP contribution < -0.4 is 15.4 Å². The van der Waals surface area contributed by atoms with Gasteiger partial charge < -0.3 is 15.4 Å². The van der Waals surface area contributed by atoms with Crippen LogP contribution in [0.1, 0.15) is 5.56 Å². The van der Waals surface area contributed by atoms with Crippen LogP contribution in [0.5, 0.6) is 5.75 Å². The summed E-state index contributed by atoms with van der Waals surface area (Å²) in [5.74, 6) is 0.670. The zero-order valence-corrected chi connectivity index (χ0v) is 13.5. The van der Waals surface area contributed by atoms with Crippen molar-refractivity contribution in [2.75, 3.05) is 18.5 Å². The van der Waals surface area contributed by atoms with Crippen LogP contribution in [0, 0.1) is 6.92 Å². The van der Waals surface area contributed by atoms with E-state index in [4.69, 9.17) is 27.9 Å². The number of benzene rings is 2. The number of ether oxygens (including phenoxy) is 1. The van der Waals surface area contributed by atoms with Crippen molar-refractivity contribution in [3.8, 4) is 5.75 Å². The van der Waals surface area contributed by atoms with Gasteiger partial charge in [-0.1, -0.05) is 29.3 Å². The minimum Gasteiger partial charge on any atom is -0.492 e. The molecule has 0 radical (unpaired) electrons. The highest BCUT2D eigenvalue weighted by atomic mass is 35.5. The molecule has 2 amide bonds. The van der Waals surface area contributed by atoms with E-state index < -0.39 is 0 Å². The summed E-state index contributed by atoms with van der Waals surface area (Å²) in [7, 11) is 0. The van der Waals surface area contributed by atoms with Crippen molar-refractivity contribution < 1.29 is 9.53 Å². The molecule has 6 heteroatoms. The molecule has 0 aromatic heterocycles. The number of hydrogen-bond acceptors (Lipinski definition) is 2. The van der Waals surface area contributed by atoms with Crippen LogP contribution in [0.4, 0.5) is 10.5 Å². The Morgan fingerprint density at radius 1 is 1.14 bits per heavy atom. The SMILES string of the molecule is Cc1cc(Cl)ccc1NC(=O)NCCOc1cccc(Cl)c1. The fourth-order valence-corrected chi connectivity index (χ4v) is 2.23. The van der Waals surface area contributed by atoms with Gasteiger partial charge in [0.2, 0.25) is 0 Å². The molecule has 0 heterocycles. The van der Waals surface area contributed by atoms with Crippen molar-refractivity contribution in [1.82, 2.24) is 5.32 Å². The van der Waals surface area contributed by atoms with Crippen molar-refractivity contribution in [3.05, 3.63) is 58.1 Å². The molecule has 4 nitrogen and oxygen atoms in total. The highest BCUT2D eigenvalue weighted by Crippen LogP contribution is 2.19. The van der Waals surface area contributed by atoms with Crippen LogP contribution >= 0.6 is 23.2 Å². The average molecular weight is 339 g/mol. The summed E-state index contributed by atoms with van der Waals surface area (Å²) >= 11 is 11.7. The molecule has 2 aromatic rings. The number of halogens is 2. The standard InChI is InChI=1S/C16H16Cl2N2O2/c1-11-9-13(18)5-6-15(11)20-16(21)19-7-8-22-14-4-2-3-12(17)10-14/h2-6,9-10H,7-8H2,1H3,(H2,19,20,21). The molecule has 0 fully saturated rings. The molecular formula is C16H16Cl2N2O2. The van der Waals surface area contributed by atoms with E-state index in [1.165, 1.54) is 0 Å². The number of hydrogen-bond donors (Lipinski definition) is 2. The number of anilines is 1. The first kappa shape index (κ1) is 16.5. The number of amides is 2. The zero-order chi connectivity index (χ0) is 15.9. The minimum absolute atomic E-state index is 0.292. The predicted octanol–water partition coefficient (Wildman–Crippen LogP) is 4.50. The van der Waals surface area contributed by atoms with Crippen LogP contribution in [0.3, 0.4) is 0 Å². The lowest BCUT2D eigenvalue weighted by Gasteiger charge is -2.11. The maximum atomic E-state index is 11.8. The van der Waals surface area contributed by atoms with Gasteiger partial charge in [0, 0.05) is 15.7 Å². The minimum atomic E-state index is -0.292. The Balaban J connectivity index is 1.74. The molecule has 0 aliphatic carbocycles. The van der Waals surface area contributed by atoms with Crippen molar-refractivity contribution in [2.45, 2.75) is 6.92 Å². The molecule has 2 aromatic carbocycles. The van der Waals surface area contributed by atoms with E-state index in [2.05, 4.69) is 10.6 Å². The topological polar surface area (TPSA) is 50.4 Å². The molecule has 0 aliphatic heterocycles. The van der Waals surface area contributed by atoms with E-state index in [9.17, 15) is 4.79 Å². The Bertz CT molecular complexity index is 662. The van der Waals surface area contributed by atoms with Gasteiger partial charge >= 0.3 is 6.03 Å². The Morgan fingerprint density at radius 2 is 1.91 bits per heavy atom. The van der Waals surface area contributed by atoms with E-state index in [1.807, 2.05) is 13.0 Å². The molecule has 0 saturated heterocycles. The third kappa shape index (κ3) is 5.13. The molecule has 116 valence electrons. The maximum absolute atomic E-state index is 11.8. The van der Waals surface area contributed by atoms with Gasteiger partial charge in [0.25, 0.3) is 0 Å². The lowest BCUT2D eigenvalue weighted by molar-refractivity contribution is 0.247. The number of rotatable bonds is 5. The fourth-order valence-electron chi connectivity index (χ4n) is 1.82. The first-order valence-electron chi connectivity index (χ1n) is 6.74. The molecule has 0 aliphatic rings. The summed E-state index contributed by atoms with van der Waals surface area (Å²) < 4.78 is 5.48. The smallest absolute Gasteiger partial charge is 0.319 e. The summed E-state index contributed by atoms with van der Waals surface area (Å²) in [6, 6.07) is 12.1. The van der Waals surface area contributed by atoms with Crippen molar-refractivity contribution in [1.29, 1.82) is 0 Å². The Morgan fingerprint density at radius 3 is 2.64 bits per heavy atom. The van der Waals surface area contributed by atoms with E-state index >= 15 is 0 Å². The first-order valence-corrected chi connectivity index (χ1v) is 7.49. The van der Waals surface area contributed by atoms with E-state index in [-0.39, 0.29) is 6.03 Å². The molecular weight excluding hydrogens is 323 g/mol. The van der Waals surface area contributed by atoms with Gasteiger partial charge in [0.1, 0.15) is 12.4 Å². The Hall–Kier alpha value is -1.91. The van der Waals surface area contributed by atoms with Crippen LogP contribution in [-0.2, 0) is 0 Å². The predicted molar refractivity (Wildman–Crippen MR) is 90.2 cm³/mol. The Labute approximate surface area is 139 Å². The van der Waals surface area contributed by atoms with Gasteiger partial charge in [0.15, 0.2) is 0 Å². The number of nitrogens with one attached hydrogen (secondary N) is 2.